The van der Waals surface area contributed by atoms with Crippen molar-refractivity contribution in [2.24, 2.45) is 5.92 Å². The molecule has 0 amide bonds. The number of hydrogen-bond acceptors (Lipinski definition) is 3. The summed E-state index contributed by atoms with van der Waals surface area (Å²) in [6.45, 7) is 7.50. The summed E-state index contributed by atoms with van der Waals surface area (Å²) in [4.78, 5) is 0. The van der Waals surface area contributed by atoms with Crippen LogP contribution in [0.1, 0.15) is 45.2 Å². The Bertz CT molecular complexity index is 423. The minimum Gasteiger partial charge on any atom is -0.495 e. The van der Waals surface area contributed by atoms with E-state index in [2.05, 4.69) is 26.1 Å². The van der Waals surface area contributed by atoms with Crippen LogP contribution < -0.4 is 14.8 Å². The third-order valence-corrected chi connectivity index (χ3v) is 4.04. The van der Waals surface area contributed by atoms with Gasteiger partial charge in [-0.1, -0.05) is 38.8 Å². The van der Waals surface area contributed by atoms with Crippen molar-refractivity contribution in [2.45, 2.75) is 39.7 Å². The van der Waals surface area contributed by atoms with Gasteiger partial charge in [0.15, 0.2) is 0 Å². The van der Waals surface area contributed by atoms with Gasteiger partial charge in [0.25, 0.3) is 0 Å². The van der Waals surface area contributed by atoms with Gasteiger partial charge in [-0.05, 0) is 31.0 Å². The molecule has 3 nitrogen and oxygen atoms in total. The summed E-state index contributed by atoms with van der Waals surface area (Å²) in [5.74, 6) is 2.00. The summed E-state index contributed by atoms with van der Waals surface area (Å²) in [6, 6.07) is 4.19. The Hall–Kier alpha value is -0.930. The highest BCUT2D eigenvalue weighted by Crippen LogP contribution is 2.40. The van der Waals surface area contributed by atoms with E-state index in [4.69, 9.17) is 21.1 Å². The highest BCUT2D eigenvalue weighted by atomic mass is 35.5. The van der Waals surface area contributed by atoms with Gasteiger partial charge in [0.2, 0.25) is 0 Å². The molecule has 0 fully saturated rings. The summed E-state index contributed by atoms with van der Waals surface area (Å²) in [6.07, 6.45) is 2.22. The van der Waals surface area contributed by atoms with Gasteiger partial charge in [-0.25, -0.2) is 0 Å². The lowest BCUT2D eigenvalue weighted by Crippen LogP contribution is -2.23. The topological polar surface area (TPSA) is 30.5 Å². The van der Waals surface area contributed by atoms with E-state index in [1.165, 1.54) is 0 Å². The zero-order valence-electron chi connectivity index (χ0n) is 13.1. The molecule has 2 atom stereocenters. The van der Waals surface area contributed by atoms with Crippen molar-refractivity contribution in [3.8, 4) is 11.5 Å². The lowest BCUT2D eigenvalue weighted by Gasteiger charge is -2.24. The van der Waals surface area contributed by atoms with Crippen LogP contribution in [-0.4, -0.2) is 20.8 Å². The van der Waals surface area contributed by atoms with Crippen molar-refractivity contribution in [3.63, 3.8) is 0 Å². The minimum atomic E-state index is 0.244. The van der Waals surface area contributed by atoms with Gasteiger partial charge in [-0.3, -0.25) is 0 Å². The van der Waals surface area contributed by atoms with Crippen molar-refractivity contribution >= 4 is 11.6 Å². The Kier molecular flexibility index (Phi) is 7.17. The van der Waals surface area contributed by atoms with Crippen molar-refractivity contribution in [3.05, 3.63) is 22.7 Å². The molecule has 0 radical (unpaired) electrons. The standard InChI is InChI=1S/C16H26ClNO2/c1-6-11(3)10-13(18-7-2)12-8-9-14(19-4)15(17)16(12)20-5/h8-9,11,13,18H,6-7,10H2,1-5H3. The van der Waals surface area contributed by atoms with Gasteiger partial charge in [-0.2, -0.15) is 0 Å². The van der Waals surface area contributed by atoms with Crippen LogP contribution in [0.5, 0.6) is 11.5 Å². The molecule has 0 aromatic heterocycles. The molecule has 0 spiro atoms. The Morgan fingerprint density at radius 2 is 1.90 bits per heavy atom. The molecule has 4 heteroatoms. The summed E-state index contributed by atoms with van der Waals surface area (Å²) in [7, 11) is 3.26. The fourth-order valence-electron chi connectivity index (χ4n) is 2.33. The van der Waals surface area contributed by atoms with Gasteiger partial charge < -0.3 is 14.8 Å². The second-order valence-electron chi connectivity index (χ2n) is 5.06. The van der Waals surface area contributed by atoms with E-state index < -0.39 is 0 Å². The van der Waals surface area contributed by atoms with Gasteiger partial charge in [-0.15, -0.1) is 0 Å². The van der Waals surface area contributed by atoms with Crippen molar-refractivity contribution in [1.82, 2.24) is 5.32 Å². The minimum absolute atomic E-state index is 0.244. The molecule has 0 bridgehead atoms. The number of nitrogens with one attached hydrogen (secondary N) is 1. The highest BCUT2D eigenvalue weighted by Gasteiger charge is 2.21. The van der Waals surface area contributed by atoms with Crippen molar-refractivity contribution in [2.75, 3.05) is 20.8 Å². The lowest BCUT2D eigenvalue weighted by atomic mass is 9.93. The lowest BCUT2D eigenvalue weighted by molar-refractivity contribution is 0.367. The molecular weight excluding hydrogens is 274 g/mol. The third kappa shape index (κ3) is 4.03. The summed E-state index contributed by atoms with van der Waals surface area (Å²) in [5.41, 5.74) is 1.10. The van der Waals surface area contributed by atoms with E-state index in [0.717, 1.165) is 24.9 Å². The first-order valence-electron chi connectivity index (χ1n) is 7.22. The average Bonchev–Trinajstić information content (AvgIpc) is 2.46. The maximum Gasteiger partial charge on any atom is 0.146 e. The monoisotopic (exact) mass is 299 g/mol. The smallest absolute Gasteiger partial charge is 0.146 e. The Balaban J connectivity index is 3.15. The van der Waals surface area contributed by atoms with E-state index in [1.807, 2.05) is 12.1 Å². The van der Waals surface area contributed by atoms with E-state index in [-0.39, 0.29) is 6.04 Å². The fourth-order valence-corrected chi connectivity index (χ4v) is 2.65. The summed E-state index contributed by atoms with van der Waals surface area (Å²) in [5, 5.41) is 4.07. The molecule has 114 valence electrons. The molecule has 20 heavy (non-hydrogen) atoms. The number of ether oxygens (including phenoxy) is 2. The van der Waals surface area contributed by atoms with Crippen LogP contribution in [0.3, 0.4) is 0 Å². The zero-order valence-corrected chi connectivity index (χ0v) is 13.9. The summed E-state index contributed by atoms with van der Waals surface area (Å²) >= 11 is 6.35. The van der Waals surface area contributed by atoms with Gasteiger partial charge >= 0.3 is 0 Å². The SMILES string of the molecule is CCNC(CC(C)CC)c1ccc(OC)c(Cl)c1OC. The maximum atomic E-state index is 6.35. The van der Waals surface area contributed by atoms with Gasteiger partial charge in [0, 0.05) is 11.6 Å². The van der Waals surface area contributed by atoms with E-state index >= 15 is 0 Å². The van der Waals surface area contributed by atoms with Crippen molar-refractivity contribution < 1.29 is 9.47 Å². The van der Waals surface area contributed by atoms with Crippen LogP contribution in [0.15, 0.2) is 12.1 Å². The van der Waals surface area contributed by atoms with Crippen LogP contribution in [0, 0.1) is 5.92 Å². The quantitative estimate of drug-likeness (QED) is 0.769. The van der Waals surface area contributed by atoms with Crippen LogP contribution in [0.2, 0.25) is 5.02 Å². The van der Waals surface area contributed by atoms with Gasteiger partial charge in [0.1, 0.15) is 16.5 Å². The molecule has 2 unspecified atom stereocenters. The molecule has 0 aliphatic carbocycles. The first kappa shape index (κ1) is 17.1. The third-order valence-electron chi connectivity index (χ3n) is 3.68. The highest BCUT2D eigenvalue weighted by molar-refractivity contribution is 6.33. The number of halogens is 1. The van der Waals surface area contributed by atoms with Crippen LogP contribution in [0.4, 0.5) is 0 Å². The first-order valence-corrected chi connectivity index (χ1v) is 7.60. The Morgan fingerprint density at radius 1 is 1.20 bits per heavy atom. The van der Waals surface area contributed by atoms with Crippen LogP contribution in [-0.2, 0) is 0 Å². The second kappa shape index (κ2) is 8.38. The van der Waals surface area contributed by atoms with E-state index in [0.29, 0.717) is 22.4 Å². The number of rotatable bonds is 8. The average molecular weight is 300 g/mol. The molecular formula is C16H26ClNO2. The largest absolute Gasteiger partial charge is 0.495 e. The molecule has 1 aromatic rings. The van der Waals surface area contributed by atoms with E-state index in [1.54, 1.807) is 14.2 Å². The van der Waals surface area contributed by atoms with Gasteiger partial charge in [0.05, 0.1) is 14.2 Å². The Labute approximate surface area is 127 Å². The number of benzene rings is 1. The normalized spacial score (nSPS) is 13.9. The molecule has 0 aliphatic heterocycles. The molecule has 1 N–H and O–H groups in total. The van der Waals surface area contributed by atoms with E-state index in [9.17, 15) is 0 Å². The predicted molar refractivity (Wildman–Crippen MR) is 85.0 cm³/mol. The molecule has 0 saturated heterocycles. The Morgan fingerprint density at radius 3 is 2.40 bits per heavy atom. The maximum absolute atomic E-state index is 6.35. The molecule has 1 rings (SSSR count). The number of methoxy groups -OCH3 is 2. The van der Waals surface area contributed by atoms with Crippen LogP contribution >= 0.6 is 11.6 Å². The molecule has 0 heterocycles. The predicted octanol–water partition coefficient (Wildman–Crippen LogP) is 4.44. The fraction of sp³-hybridized carbons (Fsp3) is 0.625. The zero-order chi connectivity index (χ0) is 15.1. The van der Waals surface area contributed by atoms with Crippen LogP contribution in [0.25, 0.3) is 0 Å². The second-order valence-corrected chi connectivity index (χ2v) is 5.44. The number of hydrogen-bond donors (Lipinski definition) is 1. The molecule has 0 aliphatic rings. The van der Waals surface area contributed by atoms with Crippen molar-refractivity contribution in [1.29, 1.82) is 0 Å². The molecule has 0 saturated carbocycles. The summed E-state index contributed by atoms with van der Waals surface area (Å²) < 4.78 is 10.8. The molecule has 1 aromatic carbocycles. The first-order chi connectivity index (χ1) is 9.58.